The molecule has 0 saturated heterocycles. The standard InChI is InChI=1S/C44H31N/c1-2-14-34(15-3-1)43-26-8-9-29-44(43)45(37-22-10-20-35(30-37)41-27-12-18-32-16-4-6-24-39(32)41)38-23-11-21-36(31-38)42-28-13-19-33-17-5-7-25-40(33)42/h1-31H. The molecule has 0 spiro atoms. The van der Waals surface area contributed by atoms with Gasteiger partial charge in [-0.05, 0) is 79.7 Å². The van der Waals surface area contributed by atoms with Crippen LogP contribution in [-0.4, -0.2) is 0 Å². The van der Waals surface area contributed by atoms with E-state index in [0.717, 1.165) is 17.1 Å². The first-order valence-corrected chi connectivity index (χ1v) is 15.4. The second-order valence-electron chi connectivity index (χ2n) is 11.4. The average molecular weight is 574 g/mol. The Kier molecular flexibility index (Phi) is 6.90. The molecule has 0 aliphatic carbocycles. The van der Waals surface area contributed by atoms with Crippen molar-refractivity contribution in [3.05, 3.63) is 188 Å². The van der Waals surface area contributed by atoms with Crippen LogP contribution in [0, 0.1) is 0 Å². The van der Waals surface area contributed by atoms with E-state index in [1.807, 2.05) is 0 Å². The Morgan fingerprint density at radius 2 is 0.711 bits per heavy atom. The van der Waals surface area contributed by atoms with Crippen molar-refractivity contribution in [2.24, 2.45) is 0 Å². The van der Waals surface area contributed by atoms with E-state index in [1.54, 1.807) is 0 Å². The molecule has 1 nitrogen and oxygen atoms in total. The van der Waals surface area contributed by atoms with Crippen molar-refractivity contribution in [1.82, 2.24) is 0 Å². The molecule has 0 bridgehead atoms. The van der Waals surface area contributed by atoms with Crippen LogP contribution in [0.15, 0.2) is 188 Å². The van der Waals surface area contributed by atoms with Crippen molar-refractivity contribution in [2.75, 3.05) is 4.90 Å². The van der Waals surface area contributed by atoms with Gasteiger partial charge in [0.05, 0.1) is 5.69 Å². The summed E-state index contributed by atoms with van der Waals surface area (Å²) < 4.78 is 0. The van der Waals surface area contributed by atoms with Crippen molar-refractivity contribution < 1.29 is 0 Å². The zero-order valence-corrected chi connectivity index (χ0v) is 24.8. The molecule has 212 valence electrons. The first-order chi connectivity index (χ1) is 22.3. The van der Waals surface area contributed by atoms with Gasteiger partial charge in [-0.1, -0.05) is 158 Å². The fourth-order valence-electron chi connectivity index (χ4n) is 6.54. The highest BCUT2D eigenvalue weighted by molar-refractivity contribution is 5.99. The van der Waals surface area contributed by atoms with Crippen LogP contribution in [-0.2, 0) is 0 Å². The number of hydrogen-bond donors (Lipinski definition) is 0. The second-order valence-corrected chi connectivity index (χ2v) is 11.4. The summed E-state index contributed by atoms with van der Waals surface area (Å²) in [4.78, 5) is 2.41. The van der Waals surface area contributed by atoms with Gasteiger partial charge in [0, 0.05) is 16.9 Å². The molecule has 0 heterocycles. The van der Waals surface area contributed by atoms with Gasteiger partial charge in [0.2, 0.25) is 0 Å². The van der Waals surface area contributed by atoms with Gasteiger partial charge in [0.15, 0.2) is 0 Å². The number of benzene rings is 8. The molecule has 0 atom stereocenters. The maximum Gasteiger partial charge on any atom is 0.0540 e. The molecule has 0 amide bonds. The van der Waals surface area contributed by atoms with Crippen molar-refractivity contribution >= 4 is 38.6 Å². The molecule has 0 radical (unpaired) electrons. The first-order valence-electron chi connectivity index (χ1n) is 15.4. The molecular weight excluding hydrogens is 542 g/mol. The highest BCUT2D eigenvalue weighted by atomic mass is 15.1. The smallest absolute Gasteiger partial charge is 0.0540 e. The quantitative estimate of drug-likeness (QED) is 0.191. The van der Waals surface area contributed by atoms with Gasteiger partial charge in [-0.2, -0.15) is 0 Å². The third-order valence-corrected chi connectivity index (χ3v) is 8.64. The Morgan fingerprint density at radius 1 is 0.289 bits per heavy atom. The molecule has 0 unspecified atom stereocenters. The average Bonchev–Trinajstić information content (AvgIpc) is 3.12. The molecule has 0 N–H and O–H groups in total. The molecule has 0 aliphatic rings. The lowest BCUT2D eigenvalue weighted by Gasteiger charge is -2.29. The SMILES string of the molecule is c1ccc(-c2ccccc2N(c2cccc(-c3cccc4ccccc34)c2)c2cccc(-c3cccc4ccccc34)c2)cc1. The summed E-state index contributed by atoms with van der Waals surface area (Å²) in [6.07, 6.45) is 0. The monoisotopic (exact) mass is 573 g/mol. The lowest BCUT2D eigenvalue weighted by atomic mass is 9.96. The molecule has 8 rings (SSSR count). The number of nitrogens with zero attached hydrogens (tertiary/aromatic N) is 1. The Labute approximate surface area is 264 Å². The summed E-state index contributed by atoms with van der Waals surface area (Å²) in [7, 11) is 0. The Morgan fingerprint density at radius 3 is 1.31 bits per heavy atom. The van der Waals surface area contributed by atoms with Crippen molar-refractivity contribution in [3.8, 4) is 33.4 Å². The Bertz CT molecular complexity index is 2150. The fraction of sp³-hybridized carbons (Fsp3) is 0. The van der Waals surface area contributed by atoms with Gasteiger partial charge in [-0.25, -0.2) is 0 Å². The van der Waals surface area contributed by atoms with E-state index in [-0.39, 0.29) is 0 Å². The zero-order valence-electron chi connectivity index (χ0n) is 24.8. The topological polar surface area (TPSA) is 3.24 Å². The van der Waals surface area contributed by atoms with E-state index in [1.165, 1.54) is 54.9 Å². The number of fused-ring (bicyclic) bond motifs is 2. The van der Waals surface area contributed by atoms with Crippen LogP contribution in [0.2, 0.25) is 0 Å². The third kappa shape index (κ3) is 5.05. The number of rotatable bonds is 6. The van der Waals surface area contributed by atoms with Crippen LogP contribution in [0.4, 0.5) is 17.1 Å². The molecule has 45 heavy (non-hydrogen) atoms. The van der Waals surface area contributed by atoms with E-state index >= 15 is 0 Å². The lowest BCUT2D eigenvalue weighted by Crippen LogP contribution is -2.11. The third-order valence-electron chi connectivity index (χ3n) is 8.64. The van der Waals surface area contributed by atoms with Gasteiger partial charge in [0.25, 0.3) is 0 Å². The predicted octanol–water partition coefficient (Wildman–Crippen LogP) is 12.5. The van der Waals surface area contributed by atoms with Crippen molar-refractivity contribution in [1.29, 1.82) is 0 Å². The highest BCUT2D eigenvalue weighted by Gasteiger charge is 2.19. The van der Waals surface area contributed by atoms with E-state index in [4.69, 9.17) is 0 Å². The molecule has 0 saturated carbocycles. The Hall–Kier alpha value is -5.92. The minimum atomic E-state index is 1.11. The zero-order chi connectivity index (χ0) is 30.0. The van der Waals surface area contributed by atoms with Crippen LogP contribution in [0.3, 0.4) is 0 Å². The normalized spacial score (nSPS) is 11.1. The molecule has 0 aromatic heterocycles. The van der Waals surface area contributed by atoms with Gasteiger partial charge in [0.1, 0.15) is 0 Å². The summed E-state index contributed by atoms with van der Waals surface area (Å²) in [5, 5.41) is 5.00. The number of hydrogen-bond acceptors (Lipinski definition) is 1. The van der Waals surface area contributed by atoms with Crippen LogP contribution < -0.4 is 4.90 Å². The van der Waals surface area contributed by atoms with Gasteiger partial charge in [-0.15, -0.1) is 0 Å². The highest BCUT2D eigenvalue weighted by Crippen LogP contribution is 2.43. The predicted molar refractivity (Wildman–Crippen MR) is 192 cm³/mol. The second kappa shape index (κ2) is 11.6. The minimum absolute atomic E-state index is 1.11. The summed E-state index contributed by atoms with van der Waals surface area (Å²) in [5.74, 6) is 0. The van der Waals surface area contributed by atoms with E-state index in [2.05, 4.69) is 193 Å². The summed E-state index contributed by atoms with van der Waals surface area (Å²) >= 11 is 0. The maximum atomic E-state index is 2.41. The Balaban J connectivity index is 1.34. The van der Waals surface area contributed by atoms with Crippen molar-refractivity contribution in [2.45, 2.75) is 0 Å². The molecular formula is C44H31N. The largest absolute Gasteiger partial charge is 0.310 e. The van der Waals surface area contributed by atoms with Gasteiger partial charge >= 0.3 is 0 Å². The molecule has 1 heteroatoms. The first kappa shape index (κ1) is 26.7. The lowest BCUT2D eigenvalue weighted by molar-refractivity contribution is 1.28. The molecule has 8 aromatic rings. The van der Waals surface area contributed by atoms with E-state index in [9.17, 15) is 0 Å². The maximum absolute atomic E-state index is 2.41. The van der Waals surface area contributed by atoms with Crippen molar-refractivity contribution in [3.63, 3.8) is 0 Å². The molecule has 0 aliphatic heterocycles. The number of para-hydroxylation sites is 1. The van der Waals surface area contributed by atoms with E-state index in [0.29, 0.717) is 0 Å². The van der Waals surface area contributed by atoms with Crippen LogP contribution >= 0.6 is 0 Å². The van der Waals surface area contributed by atoms with E-state index < -0.39 is 0 Å². The summed E-state index contributed by atoms with van der Waals surface area (Å²) in [5.41, 5.74) is 10.6. The van der Waals surface area contributed by atoms with Gasteiger partial charge < -0.3 is 4.90 Å². The van der Waals surface area contributed by atoms with Gasteiger partial charge in [-0.3, -0.25) is 0 Å². The van der Waals surface area contributed by atoms with Crippen LogP contribution in [0.1, 0.15) is 0 Å². The fourth-order valence-corrected chi connectivity index (χ4v) is 6.54. The summed E-state index contributed by atoms with van der Waals surface area (Å²) in [6, 6.07) is 67.7. The number of anilines is 3. The van der Waals surface area contributed by atoms with Crippen LogP contribution in [0.5, 0.6) is 0 Å². The minimum Gasteiger partial charge on any atom is -0.310 e. The summed E-state index contributed by atoms with van der Waals surface area (Å²) in [6.45, 7) is 0. The van der Waals surface area contributed by atoms with Crippen LogP contribution in [0.25, 0.3) is 54.9 Å². The molecule has 8 aromatic carbocycles. The molecule has 0 fully saturated rings.